The SMILES string of the molecule is CNC1CCCc2nc(N3CCC(C)CC3C)sc21. The second-order valence-electron chi connectivity index (χ2n) is 6.21. The molecule has 106 valence electrons. The van der Waals surface area contributed by atoms with Gasteiger partial charge in [0, 0.05) is 23.5 Å². The Morgan fingerprint density at radius 3 is 2.89 bits per heavy atom. The molecule has 4 heteroatoms. The van der Waals surface area contributed by atoms with E-state index in [-0.39, 0.29) is 0 Å². The number of rotatable bonds is 2. The predicted octanol–water partition coefficient (Wildman–Crippen LogP) is 3.36. The van der Waals surface area contributed by atoms with Crippen molar-refractivity contribution in [3.05, 3.63) is 10.6 Å². The lowest BCUT2D eigenvalue weighted by molar-refractivity contribution is 0.377. The van der Waals surface area contributed by atoms with Gasteiger partial charge in [0.25, 0.3) is 0 Å². The van der Waals surface area contributed by atoms with Crippen LogP contribution in [0.3, 0.4) is 0 Å². The minimum atomic E-state index is 0.536. The number of nitrogens with zero attached hydrogens (tertiary/aromatic N) is 2. The van der Waals surface area contributed by atoms with Gasteiger partial charge >= 0.3 is 0 Å². The van der Waals surface area contributed by atoms with Crippen LogP contribution in [0.1, 0.15) is 56.1 Å². The van der Waals surface area contributed by atoms with Gasteiger partial charge < -0.3 is 10.2 Å². The molecule has 3 rings (SSSR count). The van der Waals surface area contributed by atoms with Crippen molar-refractivity contribution < 1.29 is 0 Å². The fourth-order valence-electron chi connectivity index (χ4n) is 3.50. The average Bonchev–Trinajstić information content (AvgIpc) is 2.81. The molecule has 0 aromatic carbocycles. The van der Waals surface area contributed by atoms with Gasteiger partial charge in [-0.25, -0.2) is 4.98 Å². The molecular formula is C15H25N3S. The topological polar surface area (TPSA) is 28.2 Å². The van der Waals surface area contributed by atoms with E-state index in [4.69, 9.17) is 4.98 Å². The lowest BCUT2D eigenvalue weighted by Crippen LogP contribution is -2.40. The van der Waals surface area contributed by atoms with Gasteiger partial charge in [-0.2, -0.15) is 0 Å². The summed E-state index contributed by atoms with van der Waals surface area (Å²) < 4.78 is 0. The van der Waals surface area contributed by atoms with Gasteiger partial charge in [0.15, 0.2) is 5.13 Å². The molecule has 2 aliphatic rings. The number of nitrogens with one attached hydrogen (secondary N) is 1. The third-order valence-corrected chi connectivity index (χ3v) is 5.92. The number of piperidine rings is 1. The summed E-state index contributed by atoms with van der Waals surface area (Å²) in [6, 6.07) is 1.18. The number of aryl methyl sites for hydroxylation is 1. The maximum atomic E-state index is 4.95. The molecule has 1 aromatic heterocycles. The van der Waals surface area contributed by atoms with Crippen molar-refractivity contribution in [1.82, 2.24) is 10.3 Å². The Morgan fingerprint density at radius 2 is 2.16 bits per heavy atom. The molecule has 2 heterocycles. The quantitative estimate of drug-likeness (QED) is 0.899. The smallest absolute Gasteiger partial charge is 0.186 e. The van der Waals surface area contributed by atoms with Gasteiger partial charge in [-0.15, -0.1) is 0 Å². The van der Waals surface area contributed by atoms with Crippen LogP contribution in [0.25, 0.3) is 0 Å². The van der Waals surface area contributed by atoms with Crippen molar-refractivity contribution in [1.29, 1.82) is 0 Å². The van der Waals surface area contributed by atoms with Crippen LogP contribution in [-0.4, -0.2) is 24.6 Å². The Kier molecular flexibility index (Phi) is 3.81. The summed E-state index contributed by atoms with van der Waals surface area (Å²) in [6.07, 6.45) is 6.32. The van der Waals surface area contributed by atoms with E-state index < -0.39 is 0 Å². The van der Waals surface area contributed by atoms with Gasteiger partial charge in [0.2, 0.25) is 0 Å². The Balaban J connectivity index is 1.84. The molecule has 3 atom stereocenters. The van der Waals surface area contributed by atoms with Gasteiger partial charge in [0.1, 0.15) is 0 Å². The van der Waals surface area contributed by atoms with Crippen molar-refractivity contribution in [2.45, 2.75) is 58.0 Å². The van der Waals surface area contributed by atoms with E-state index in [0.717, 1.165) is 5.92 Å². The molecule has 19 heavy (non-hydrogen) atoms. The highest BCUT2D eigenvalue weighted by atomic mass is 32.1. The Labute approximate surface area is 120 Å². The van der Waals surface area contributed by atoms with E-state index in [1.54, 1.807) is 0 Å². The molecule has 1 N–H and O–H groups in total. The van der Waals surface area contributed by atoms with Crippen LogP contribution in [0, 0.1) is 5.92 Å². The molecule has 1 aromatic rings. The second-order valence-corrected chi connectivity index (χ2v) is 7.22. The van der Waals surface area contributed by atoms with Crippen LogP contribution >= 0.6 is 11.3 Å². The highest BCUT2D eigenvalue weighted by Crippen LogP contribution is 2.39. The molecule has 3 nitrogen and oxygen atoms in total. The standard InChI is InChI=1S/C15H25N3S/c1-10-7-8-18(11(2)9-10)15-17-13-6-4-5-12(16-3)14(13)19-15/h10-12,16H,4-9H2,1-3H3. The number of fused-ring (bicyclic) bond motifs is 1. The Hall–Kier alpha value is -0.610. The van der Waals surface area contributed by atoms with Crippen LogP contribution in [0.5, 0.6) is 0 Å². The lowest BCUT2D eigenvalue weighted by Gasteiger charge is -2.36. The third-order valence-electron chi connectivity index (χ3n) is 4.67. The highest BCUT2D eigenvalue weighted by molar-refractivity contribution is 7.15. The van der Waals surface area contributed by atoms with E-state index in [9.17, 15) is 0 Å². The summed E-state index contributed by atoms with van der Waals surface area (Å²) in [5.74, 6) is 0.867. The number of hydrogen-bond donors (Lipinski definition) is 1. The fraction of sp³-hybridized carbons (Fsp3) is 0.800. The van der Waals surface area contributed by atoms with Gasteiger partial charge in [-0.3, -0.25) is 0 Å². The van der Waals surface area contributed by atoms with Crippen LogP contribution in [0.4, 0.5) is 5.13 Å². The molecular weight excluding hydrogens is 254 g/mol. The first-order valence-corrected chi connectivity index (χ1v) is 8.44. The van der Waals surface area contributed by atoms with Crippen molar-refractivity contribution in [3.63, 3.8) is 0 Å². The van der Waals surface area contributed by atoms with Crippen LogP contribution in [0.15, 0.2) is 0 Å². The molecule has 3 unspecified atom stereocenters. The van der Waals surface area contributed by atoms with Crippen molar-refractivity contribution in [2.75, 3.05) is 18.5 Å². The summed E-state index contributed by atoms with van der Waals surface area (Å²) >= 11 is 1.93. The van der Waals surface area contributed by atoms with E-state index in [1.165, 1.54) is 54.4 Å². The zero-order chi connectivity index (χ0) is 13.4. The maximum Gasteiger partial charge on any atom is 0.186 e. The number of thiazole rings is 1. The molecule has 0 radical (unpaired) electrons. The van der Waals surface area contributed by atoms with Crippen molar-refractivity contribution >= 4 is 16.5 Å². The maximum absolute atomic E-state index is 4.95. The zero-order valence-electron chi connectivity index (χ0n) is 12.3. The van der Waals surface area contributed by atoms with E-state index >= 15 is 0 Å². The van der Waals surface area contributed by atoms with E-state index in [2.05, 4.69) is 31.1 Å². The third kappa shape index (κ3) is 2.52. The summed E-state index contributed by atoms with van der Waals surface area (Å²) in [7, 11) is 2.07. The van der Waals surface area contributed by atoms with Crippen LogP contribution in [0.2, 0.25) is 0 Å². The van der Waals surface area contributed by atoms with Gasteiger partial charge in [-0.1, -0.05) is 18.3 Å². The van der Waals surface area contributed by atoms with Crippen molar-refractivity contribution in [2.24, 2.45) is 5.92 Å². The molecule has 0 bridgehead atoms. The minimum Gasteiger partial charge on any atom is -0.345 e. The number of aromatic nitrogens is 1. The molecule has 0 saturated carbocycles. The monoisotopic (exact) mass is 279 g/mol. The summed E-state index contributed by atoms with van der Waals surface area (Å²) in [6.45, 7) is 5.91. The first-order valence-electron chi connectivity index (χ1n) is 7.62. The largest absolute Gasteiger partial charge is 0.345 e. The van der Waals surface area contributed by atoms with Crippen LogP contribution < -0.4 is 10.2 Å². The summed E-state index contributed by atoms with van der Waals surface area (Å²) in [4.78, 5) is 8.98. The predicted molar refractivity (Wildman–Crippen MR) is 82.1 cm³/mol. The van der Waals surface area contributed by atoms with E-state index in [1.807, 2.05) is 11.3 Å². The first-order chi connectivity index (χ1) is 9.19. The second kappa shape index (κ2) is 5.41. The van der Waals surface area contributed by atoms with Crippen molar-refractivity contribution in [3.8, 4) is 0 Å². The normalized spacial score (nSPS) is 31.3. The minimum absolute atomic E-state index is 0.536. The van der Waals surface area contributed by atoms with Gasteiger partial charge in [0.05, 0.1) is 5.69 Å². The van der Waals surface area contributed by atoms with E-state index in [0.29, 0.717) is 12.1 Å². The Bertz CT molecular complexity index is 443. The molecule has 1 aliphatic heterocycles. The summed E-state index contributed by atoms with van der Waals surface area (Å²) in [5.41, 5.74) is 1.36. The first kappa shape index (κ1) is 13.4. The highest BCUT2D eigenvalue weighted by Gasteiger charge is 2.29. The summed E-state index contributed by atoms with van der Waals surface area (Å²) in [5, 5.41) is 4.72. The Morgan fingerprint density at radius 1 is 1.32 bits per heavy atom. The zero-order valence-corrected chi connectivity index (χ0v) is 13.1. The number of hydrogen-bond acceptors (Lipinski definition) is 4. The average molecular weight is 279 g/mol. The lowest BCUT2D eigenvalue weighted by atomic mass is 9.94. The van der Waals surface area contributed by atoms with Crippen LogP contribution in [-0.2, 0) is 6.42 Å². The molecule has 0 spiro atoms. The number of anilines is 1. The molecule has 0 amide bonds. The molecule has 1 saturated heterocycles. The molecule has 1 aliphatic carbocycles. The van der Waals surface area contributed by atoms with Gasteiger partial charge in [-0.05, 0) is 52.0 Å². The fourth-order valence-corrected chi connectivity index (χ4v) is 4.88. The molecule has 1 fully saturated rings.